The van der Waals surface area contributed by atoms with E-state index in [1.807, 2.05) is 12.3 Å². The molecule has 1 rings (SSSR count). The number of rotatable bonds is 4. The van der Waals surface area contributed by atoms with Gasteiger partial charge < -0.3 is 4.74 Å². The summed E-state index contributed by atoms with van der Waals surface area (Å²) in [5.41, 5.74) is 2.33. The second kappa shape index (κ2) is 5.81. The SMILES string of the molecule is COc1cc(C)c(C=CCCBr)cn1. The summed E-state index contributed by atoms with van der Waals surface area (Å²) >= 11 is 3.38. The smallest absolute Gasteiger partial charge is 0.213 e. The highest BCUT2D eigenvalue weighted by Crippen LogP contribution is 2.14. The van der Waals surface area contributed by atoms with Crippen molar-refractivity contribution in [3.05, 3.63) is 29.5 Å². The first kappa shape index (κ1) is 11.2. The molecular formula is C11H14BrNO. The van der Waals surface area contributed by atoms with Gasteiger partial charge in [0, 0.05) is 17.6 Å². The van der Waals surface area contributed by atoms with E-state index in [0.29, 0.717) is 5.88 Å². The molecule has 0 spiro atoms. The number of hydrogen-bond acceptors (Lipinski definition) is 2. The molecule has 1 heterocycles. The first-order valence-electron chi connectivity index (χ1n) is 4.51. The molecule has 0 aliphatic heterocycles. The van der Waals surface area contributed by atoms with Crippen LogP contribution in [0.2, 0.25) is 0 Å². The molecule has 0 atom stereocenters. The molecular weight excluding hydrogens is 242 g/mol. The van der Waals surface area contributed by atoms with Gasteiger partial charge in [-0.1, -0.05) is 28.1 Å². The highest BCUT2D eigenvalue weighted by Gasteiger charge is 1.97. The van der Waals surface area contributed by atoms with Gasteiger partial charge in [-0.15, -0.1) is 0 Å². The molecule has 14 heavy (non-hydrogen) atoms. The number of allylic oxidation sites excluding steroid dienone is 1. The Kier molecular flexibility index (Phi) is 4.66. The summed E-state index contributed by atoms with van der Waals surface area (Å²) in [7, 11) is 1.63. The quantitative estimate of drug-likeness (QED) is 0.772. The Balaban J connectivity index is 2.78. The minimum atomic E-state index is 0.667. The second-order valence-electron chi connectivity index (χ2n) is 2.96. The van der Waals surface area contributed by atoms with Crippen molar-refractivity contribution in [3.63, 3.8) is 0 Å². The zero-order valence-corrected chi connectivity index (χ0v) is 10.0. The molecule has 0 bridgehead atoms. The van der Waals surface area contributed by atoms with E-state index in [9.17, 15) is 0 Å². The van der Waals surface area contributed by atoms with Crippen LogP contribution in [0.4, 0.5) is 0 Å². The van der Waals surface area contributed by atoms with Crippen molar-refractivity contribution in [2.45, 2.75) is 13.3 Å². The standard InChI is InChI=1S/C11H14BrNO/c1-9-7-11(14-2)13-8-10(9)5-3-4-6-12/h3,5,7-8H,4,6H2,1-2H3. The lowest BCUT2D eigenvalue weighted by Gasteiger charge is -2.02. The molecule has 0 radical (unpaired) electrons. The maximum Gasteiger partial charge on any atom is 0.213 e. The van der Waals surface area contributed by atoms with Gasteiger partial charge in [-0.2, -0.15) is 0 Å². The van der Waals surface area contributed by atoms with E-state index in [1.165, 1.54) is 5.56 Å². The van der Waals surface area contributed by atoms with Crippen molar-refractivity contribution in [2.75, 3.05) is 12.4 Å². The Morgan fingerprint density at radius 1 is 1.57 bits per heavy atom. The van der Waals surface area contributed by atoms with Gasteiger partial charge in [0.05, 0.1) is 7.11 Å². The van der Waals surface area contributed by atoms with E-state index >= 15 is 0 Å². The van der Waals surface area contributed by atoms with Crippen LogP contribution in [-0.4, -0.2) is 17.4 Å². The maximum absolute atomic E-state index is 5.03. The van der Waals surface area contributed by atoms with Crippen LogP contribution in [0, 0.1) is 6.92 Å². The number of alkyl halides is 1. The summed E-state index contributed by atoms with van der Waals surface area (Å²) in [4.78, 5) is 4.15. The lowest BCUT2D eigenvalue weighted by Crippen LogP contribution is -1.90. The molecule has 0 fully saturated rings. The molecule has 0 N–H and O–H groups in total. The van der Waals surface area contributed by atoms with Crippen molar-refractivity contribution in [1.82, 2.24) is 4.98 Å². The maximum atomic E-state index is 5.03. The van der Waals surface area contributed by atoms with Crippen LogP contribution >= 0.6 is 15.9 Å². The number of methoxy groups -OCH3 is 1. The number of aryl methyl sites for hydroxylation is 1. The molecule has 76 valence electrons. The van der Waals surface area contributed by atoms with Crippen molar-refractivity contribution in [3.8, 4) is 5.88 Å². The summed E-state index contributed by atoms with van der Waals surface area (Å²) in [5, 5.41) is 0.992. The first-order valence-corrected chi connectivity index (χ1v) is 5.63. The van der Waals surface area contributed by atoms with E-state index in [4.69, 9.17) is 4.74 Å². The fourth-order valence-corrected chi connectivity index (χ4v) is 1.36. The normalized spacial score (nSPS) is 10.8. The monoisotopic (exact) mass is 255 g/mol. The summed E-state index contributed by atoms with van der Waals surface area (Å²) in [6.45, 7) is 2.05. The summed E-state index contributed by atoms with van der Waals surface area (Å²) in [6, 6.07) is 1.94. The number of halogens is 1. The molecule has 0 aliphatic rings. The van der Waals surface area contributed by atoms with Crippen molar-refractivity contribution < 1.29 is 4.74 Å². The fourth-order valence-electron chi connectivity index (χ4n) is 1.10. The third-order valence-corrected chi connectivity index (χ3v) is 2.37. The van der Waals surface area contributed by atoms with Gasteiger partial charge in [0.15, 0.2) is 0 Å². The molecule has 1 aromatic heterocycles. The number of aromatic nitrogens is 1. The van der Waals surface area contributed by atoms with E-state index < -0.39 is 0 Å². The minimum Gasteiger partial charge on any atom is -0.481 e. The lowest BCUT2D eigenvalue weighted by molar-refractivity contribution is 0.397. The van der Waals surface area contributed by atoms with Gasteiger partial charge >= 0.3 is 0 Å². The van der Waals surface area contributed by atoms with Gasteiger partial charge in [-0.3, -0.25) is 0 Å². The van der Waals surface area contributed by atoms with Gasteiger partial charge in [0.1, 0.15) is 0 Å². The third-order valence-electron chi connectivity index (χ3n) is 1.91. The summed E-state index contributed by atoms with van der Waals surface area (Å²) in [5.74, 6) is 0.667. The number of pyridine rings is 1. The van der Waals surface area contributed by atoms with Crippen LogP contribution in [-0.2, 0) is 0 Å². The van der Waals surface area contributed by atoms with Crippen LogP contribution in [0.1, 0.15) is 17.5 Å². The summed E-state index contributed by atoms with van der Waals surface area (Å²) in [6.07, 6.45) is 7.08. The number of nitrogens with zero attached hydrogens (tertiary/aromatic N) is 1. The average Bonchev–Trinajstić information content (AvgIpc) is 2.20. The molecule has 1 aromatic rings. The van der Waals surface area contributed by atoms with E-state index in [2.05, 4.69) is 40.0 Å². The van der Waals surface area contributed by atoms with E-state index in [1.54, 1.807) is 7.11 Å². The van der Waals surface area contributed by atoms with Crippen LogP contribution in [0.25, 0.3) is 6.08 Å². The zero-order chi connectivity index (χ0) is 10.4. The molecule has 0 aromatic carbocycles. The topological polar surface area (TPSA) is 22.1 Å². The fraction of sp³-hybridized carbons (Fsp3) is 0.364. The number of ether oxygens (including phenoxy) is 1. The molecule has 0 amide bonds. The molecule has 0 saturated carbocycles. The van der Waals surface area contributed by atoms with Crippen molar-refractivity contribution >= 4 is 22.0 Å². The molecule has 0 unspecified atom stereocenters. The predicted molar refractivity (Wildman–Crippen MR) is 63.0 cm³/mol. The van der Waals surface area contributed by atoms with Crippen molar-refractivity contribution in [1.29, 1.82) is 0 Å². The highest BCUT2D eigenvalue weighted by molar-refractivity contribution is 9.09. The van der Waals surface area contributed by atoms with E-state index in [-0.39, 0.29) is 0 Å². The molecule has 3 heteroatoms. The van der Waals surface area contributed by atoms with Gasteiger partial charge in [-0.25, -0.2) is 4.98 Å². The molecule has 0 aliphatic carbocycles. The Labute approximate surface area is 93.1 Å². The Morgan fingerprint density at radius 3 is 2.93 bits per heavy atom. The zero-order valence-electron chi connectivity index (χ0n) is 8.46. The number of hydrogen-bond donors (Lipinski definition) is 0. The first-order chi connectivity index (χ1) is 6.77. The van der Waals surface area contributed by atoms with Gasteiger partial charge in [0.25, 0.3) is 0 Å². The van der Waals surface area contributed by atoms with Gasteiger partial charge in [0.2, 0.25) is 5.88 Å². The minimum absolute atomic E-state index is 0.667. The second-order valence-corrected chi connectivity index (χ2v) is 3.76. The van der Waals surface area contributed by atoms with Crippen molar-refractivity contribution in [2.24, 2.45) is 0 Å². The van der Waals surface area contributed by atoms with Gasteiger partial charge in [-0.05, 0) is 24.5 Å². The third kappa shape index (κ3) is 3.14. The molecule has 2 nitrogen and oxygen atoms in total. The Hall–Kier alpha value is -0.830. The van der Waals surface area contributed by atoms with Crippen LogP contribution < -0.4 is 4.74 Å². The van der Waals surface area contributed by atoms with Crippen LogP contribution in [0.5, 0.6) is 5.88 Å². The van der Waals surface area contributed by atoms with Crippen LogP contribution in [0.3, 0.4) is 0 Å². The van der Waals surface area contributed by atoms with E-state index in [0.717, 1.165) is 17.3 Å². The highest BCUT2D eigenvalue weighted by atomic mass is 79.9. The van der Waals surface area contributed by atoms with Crippen LogP contribution in [0.15, 0.2) is 18.3 Å². The molecule has 0 saturated heterocycles. The lowest BCUT2D eigenvalue weighted by atomic mass is 10.1. The Morgan fingerprint density at radius 2 is 2.36 bits per heavy atom. The Bertz CT molecular complexity index is 323. The largest absolute Gasteiger partial charge is 0.481 e. The predicted octanol–water partition coefficient (Wildman–Crippen LogP) is 3.20. The summed E-state index contributed by atoms with van der Waals surface area (Å²) < 4.78 is 5.03. The average molecular weight is 256 g/mol.